The van der Waals surface area contributed by atoms with E-state index in [0.717, 1.165) is 12.8 Å². The van der Waals surface area contributed by atoms with Gasteiger partial charge in [-0.25, -0.2) is 0 Å². The lowest BCUT2D eigenvalue weighted by atomic mass is 10.1. The monoisotopic (exact) mass is 221 g/mol. The summed E-state index contributed by atoms with van der Waals surface area (Å²) >= 11 is 0. The van der Waals surface area contributed by atoms with E-state index in [1.165, 1.54) is 18.2 Å². The molecule has 0 aromatic heterocycles. The molecular formula is C12H15NO3. The van der Waals surface area contributed by atoms with Crippen molar-refractivity contribution in [1.29, 1.82) is 0 Å². The second-order valence-electron chi connectivity index (χ2n) is 4.19. The third-order valence-corrected chi connectivity index (χ3v) is 2.99. The third-order valence-electron chi connectivity index (χ3n) is 2.99. The van der Waals surface area contributed by atoms with E-state index in [4.69, 9.17) is 0 Å². The second kappa shape index (κ2) is 4.04. The summed E-state index contributed by atoms with van der Waals surface area (Å²) in [5.41, 5.74) is 0.127. The highest BCUT2D eigenvalue weighted by molar-refractivity contribution is 5.97. The molecule has 2 unspecified atom stereocenters. The summed E-state index contributed by atoms with van der Waals surface area (Å²) in [5.74, 6) is 0.104. The van der Waals surface area contributed by atoms with Gasteiger partial charge in [-0.15, -0.1) is 0 Å². The Morgan fingerprint density at radius 3 is 2.88 bits per heavy atom. The highest BCUT2D eigenvalue weighted by atomic mass is 16.3. The maximum atomic E-state index is 11.7. The van der Waals surface area contributed by atoms with Gasteiger partial charge in [-0.05, 0) is 30.5 Å². The normalized spacial score (nSPS) is 22.8. The number of hydrogen-bond acceptors (Lipinski definition) is 3. The van der Waals surface area contributed by atoms with Crippen LogP contribution in [0.3, 0.4) is 0 Å². The van der Waals surface area contributed by atoms with Crippen LogP contribution < -0.4 is 5.32 Å². The van der Waals surface area contributed by atoms with E-state index in [9.17, 15) is 15.0 Å². The summed E-state index contributed by atoms with van der Waals surface area (Å²) in [5, 5.41) is 21.6. The molecule has 3 N–H and O–H groups in total. The molecule has 0 radical (unpaired) electrons. The minimum absolute atomic E-state index is 0.0224. The van der Waals surface area contributed by atoms with Crippen LogP contribution in [0.15, 0.2) is 18.2 Å². The smallest absolute Gasteiger partial charge is 0.255 e. The molecule has 4 nitrogen and oxygen atoms in total. The number of aromatic hydroxyl groups is 2. The average Bonchev–Trinajstić information content (AvgIpc) is 3.00. The number of hydrogen-bond donors (Lipinski definition) is 3. The van der Waals surface area contributed by atoms with Gasteiger partial charge in [0.1, 0.15) is 11.5 Å². The highest BCUT2D eigenvalue weighted by Crippen LogP contribution is 2.33. The van der Waals surface area contributed by atoms with Crippen molar-refractivity contribution in [2.75, 3.05) is 0 Å². The number of carbonyl (C=O) groups is 1. The van der Waals surface area contributed by atoms with Crippen molar-refractivity contribution in [3.63, 3.8) is 0 Å². The summed E-state index contributed by atoms with van der Waals surface area (Å²) in [6, 6.07) is 4.15. The molecule has 4 heteroatoms. The van der Waals surface area contributed by atoms with Crippen LogP contribution in [-0.2, 0) is 0 Å². The number of rotatable bonds is 3. The quantitative estimate of drug-likeness (QED) is 0.679. The molecule has 1 aliphatic carbocycles. The first-order valence-electron chi connectivity index (χ1n) is 5.44. The fourth-order valence-corrected chi connectivity index (χ4v) is 1.83. The molecule has 0 bridgehead atoms. The van der Waals surface area contributed by atoms with Crippen LogP contribution in [0.2, 0.25) is 0 Å². The van der Waals surface area contributed by atoms with Gasteiger partial charge in [0, 0.05) is 6.04 Å². The Morgan fingerprint density at radius 2 is 2.25 bits per heavy atom. The Morgan fingerprint density at radius 1 is 1.50 bits per heavy atom. The number of carbonyl (C=O) groups excluding carboxylic acids is 1. The van der Waals surface area contributed by atoms with Crippen molar-refractivity contribution in [3.8, 4) is 11.5 Å². The number of nitrogens with one attached hydrogen (secondary N) is 1. The standard InChI is InChI=1S/C12H15NO3/c1-2-7-5-10(7)13-12(16)9-6-8(14)3-4-11(9)15/h3-4,6-7,10,14-15H,2,5H2,1H3,(H,13,16). The first kappa shape index (κ1) is 10.8. The Kier molecular flexibility index (Phi) is 2.73. The van der Waals surface area contributed by atoms with E-state index in [1.54, 1.807) is 0 Å². The van der Waals surface area contributed by atoms with E-state index in [2.05, 4.69) is 12.2 Å². The molecule has 0 saturated heterocycles. The Bertz CT molecular complexity index is 417. The summed E-state index contributed by atoms with van der Waals surface area (Å²) in [4.78, 5) is 11.7. The zero-order valence-electron chi connectivity index (χ0n) is 9.10. The van der Waals surface area contributed by atoms with E-state index < -0.39 is 0 Å². The van der Waals surface area contributed by atoms with Gasteiger partial charge < -0.3 is 15.5 Å². The van der Waals surface area contributed by atoms with Crippen molar-refractivity contribution in [2.24, 2.45) is 5.92 Å². The van der Waals surface area contributed by atoms with Crippen molar-refractivity contribution in [3.05, 3.63) is 23.8 Å². The fourth-order valence-electron chi connectivity index (χ4n) is 1.83. The zero-order chi connectivity index (χ0) is 11.7. The molecule has 1 aromatic rings. The molecule has 0 heterocycles. The maximum Gasteiger partial charge on any atom is 0.255 e. The van der Waals surface area contributed by atoms with E-state index >= 15 is 0 Å². The molecule has 1 amide bonds. The number of benzene rings is 1. The van der Waals surface area contributed by atoms with Gasteiger partial charge in [-0.3, -0.25) is 4.79 Å². The molecule has 16 heavy (non-hydrogen) atoms. The average molecular weight is 221 g/mol. The first-order chi connectivity index (χ1) is 7.61. The lowest BCUT2D eigenvalue weighted by Crippen LogP contribution is -2.26. The minimum atomic E-state index is -0.325. The number of amides is 1. The third kappa shape index (κ3) is 2.10. The van der Waals surface area contributed by atoms with Gasteiger partial charge in [0.25, 0.3) is 5.91 Å². The summed E-state index contributed by atoms with van der Waals surface area (Å²) in [6.07, 6.45) is 2.05. The maximum absolute atomic E-state index is 11.7. The molecule has 0 spiro atoms. The first-order valence-corrected chi connectivity index (χ1v) is 5.44. The zero-order valence-corrected chi connectivity index (χ0v) is 9.10. The van der Waals surface area contributed by atoms with Gasteiger partial charge in [0.15, 0.2) is 0 Å². The summed E-state index contributed by atoms with van der Waals surface area (Å²) in [6.45, 7) is 2.09. The van der Waals surface area contributed by atoms with Crippen LogP contribution in [0.4, 0.5) is 0 Å². The number of phenols is 2. The van der Waals surface area contributed by atoms with E-state index in [1.807, 2.05) is 0 Å². The molecule has 1 fully saturated rings. The largest absolute Gasteiger partial charge is 0.508 e. The molecule has 1 aromatic carbocycles. The van der Waals surface area contributed by atoms with Crippen LogP contribution in [0.1, 0.15) is 30.1 Å². The summed E-state index contributed by atoms with van der Waals surface area (Å²) in [7, 11) is 0. The van der Waals surface area contributed by atoms with Crippen LogP contribution in [0.5, 0.6) is 11.5 Å². The van der Waals surface area contributed by atoms with Crippen LogP contribution in [0.25, 0.3) is 0 Å². The van der Waals surface area contributed by atoms with E-state index in [-0.39, 0.29) is 29.0 Å². The Balaban J connectivity index is 2.06. The molecule has 86 valence electrons. The second-order valence-corrected chi connectivity index (χ2v) is 4.19. The fraction of sp³-hybridized carbons (Fsp3) is 0.417. The van der Waals surface area contributed by atoms with Crippen LogP contribution in [-0.4, -0.2) is 22.2 Å². The van der Waals surface area contributed by atoms with Gasteiger partial charge in [-0.1, -0.05) is 13.3 Å². The lowest BCUT2D eigenvalue weighted by Gasteiger charge is -2.06. The predicted octanol–water partition coefficient (Wildman–Crippen LogP) is 1.63. The van der Waals surface area contributed by atoms with Crippen LogP contribution in [0, 0.1) is 5.92 Å². The minimum Gasteiger partial charge on any atom is -0.508 e. The van der Waals surface area contributed by atoms with Crippen molar-refractivity contribution < 1.29 is 15.0 Å². The van der Waals surface area contributed by atoms with Crippen molar-refractivity contribution in [1.82, 2.24) is 5.32 Å². The lowest BCUT2D eigenvalue weighted by molar-refractivity contribution is 0.0946. The van der Waals surface area contributed by atoms with Gasteiger partial charge >= 0.3 is 0 Å². The summed E-state index contributed by atoms with van der Waals surface area (Å²) < 4.78 is 0. The van der Waals surface area contributed by atoms with Crippen LogP contribution >= 0.6 is 0 Å². The van der Waals surface area contributed by atoms with Gasteiger partial charge in [0.2, 0.25) is 0 Å². The Hall–Kier alpha value is -1.71. The molecule has 1 aliphatic rings. The topological polar surface area (TPSA) is 69.6 Å². The highest BCUT2D eigenvalue weighted by Gasteiger charge is 2.36. The number of phenolic OH excluding ortho intramolecular Hbond substituents is 2. The van der Waals surface area contributed by atoms with Gasteiger partial charge in [0.05, 0.1) is 5.56 Å². The molecule has 2 rings (SSSR count). The molecule has 0 aliphatic heterocycles. The van der Waals surface area contributed by atoms with Crippen molar-refractivity contribution >= 4 is 5.91 Å². The van der Waals surface area contributed by atoms with E-state index in [0.29, 0.717) is 5.92 Å². The Labute approximate surface area is 93.9 Å². The molecular weight excluding hydrogens is 206 g/mol. The molecule has 2 atom stereocenters. The van der Waals surface area contributed by atoms with Gasteiger partial charge in [-0.2, -0.15) is 0 Å². The SMILES string of the molecule is CCC1CC1NC(=O)c1cc(O)ccc1O. The predicted molar refractivity (Wildman–Crippen MR) is 59.4 cm³/mol. The van der Waals surface area contributed by atoms with Crippen molar-refractivity contribution in [2.45, 2.75) is 25.8 Å². The molecule has 1 saturated carbocycles.